The molecule has 0 fully saturated rings. The summed E-state index contributed by atoms with van der Waals surface area (Å²) in [5.74, 6) is 0. The molecule has 0 atom stereocenters. The molecule has 2 heteroatoms. The summed E-state index contributed by atoms with van der Waals surface area (Å²) in [6, 6.07) is 0. The highest BCUT2D eigenvalue weighted by molar-refractivity contribution is 4.58. The highest BCUT2D eigenvalue weighted by atomic mass is 15.1. The van der Waals surface area contributed by atoms with E-state index in [-0.39, 0.29) is 0 Å². The van der Waals surface area contributed by atoms with Crippen LogP contribution in [-0.4, -0.2) is 31.1 Å². The van der Waals surface area contributed by atoms with Gasteiger partial charge in [-0.15, -0.1) is 0 Å². The summed E-state index contributed by atoms with van der Waals surface area (Å²) >= 11 is 0. The first-order valence-corrected chi connectivity index (χ1v) is 7.77. The quantitative estimate of drug-likeness (QED) is 0.498. The molecule has 0 saturated carbocycles. The summed E-state index contributed by atoms with van der Waals surface area (Å²) in [7, 11) is 0. The first-order valence-electron chi connectivity index (χ1n) is 7.77. The third-order valence-corrected chi connectivity index (χ3v) is 3.30. The fraction of sp³-hybridized carbons (Fsp3) is 1.00. The standard InChI is InChI=1S/C15H34N2/c1-3-5-6-7-8-9-10-14-17(13-4-2)15-11-12-16/h3-16H2,1-2H3. The van der Waals surface area contributed by atoms with Crippen molar-refractivity contribution in [3.05, 3.63) is 0 Å². The van der Waals surface area contributed by atoms with Crippen LogP contribution in [-0.2, 0) is 0 Å². The molecule has 0 unspecified atom stereocenters. The summed E-state index contributed by atoms with van der Waals surface area (Å²) < 4.78 is 0. The minimum atomic E-state index is 0.831. The molecule has 0 aliphatic carbocycles. The molecule has 104 valence electrons. The molecule has 0 aromatic carbocycles. The van der Waals surface area contributed by atoms with Gasteiger partial charge in [0, 0.05) is 0 Å². The Morgan fingerprint density at radius 3 is 1.82 bits per heavy atom. The zero-order valence-electron chi connectivity index (χ0n) is 12.2. The van der Waals surface area contributed by atoms with Crippen LogP contribution in [0.25, 0.3) is 0 Å². The molecule has 2 N–H and O–H groups in total. The van der Waals surface area contributed by atoms with E-state index in [1.165, 1.54) is 71.0 Å². The Morgan fingerprint density at radius 2 is 1.24 bits per heavy atom. The smallest absolute Gasteiger partial charge is 0.000672 e. The van der Waals surface area contributed by atoms with Gasteiger partial charge in [0.1, 0.15) is 0 Å². The Bertz CT molecular complexity index is 137. The summed E-state index contributed by atoms with van der Waals surface area (Å²) in [6.07, 6.45) is 12.3. The maximum Gasteiger partial charge on any atom is -0.000672 e. The fourth-order valence-corrected chi connectivity index (χ4v) is 2.26. The van der Waals surface area contributed by atoms with E-state index in [0.717, 1.165) is 13.0 Å². The van der Waals surface area contributed by atoms with Crippen molar-refractivity contribution < 1.29 is 0 Å². The van der Waals surface area contributed by atoms with Gasteiger partial charge in [0.15, 0.2) is 0 Å². The maximum atomic E-state index is 5.57. The molecule has 0 rings (SSSR count). The molecule has 17 heavy (non-hydrogen) atoms. The largest absolute Gasteiger partial charge is 0.330 e. The molecular weight excluding hydrogens is 208 g/mol. The van der Waals surface area contributed by atoms with Gasteiger partial charge in [0.25, 0.3) is 0 Å². The third kappa shape index (κ3) is 12.2. The monoisotopic (exact) mass is 242 g/mol. The van der Waals surface area contributed by atoms with Crippen LogP contribution in [0.4, 0.5) is 0 Å². The van der Waals surface area contributed by atoms with Crippen molar-refractivity contribution in [2.45, 2.75) is 71.6 Å². The van der Waals surface area contributed by atoms with Crippen molar-refractivity contribution in [2.24, 2.45) is 5.73 Å². The molecule has 0 heterocycles. The lowest BCUT2D eigenvalue weighted by molar-refractivity contribution is 0.265. The van der Waals surface area contributed by atoms with Crippen molar-refractivity contribution in [1.29, 1.82) is 0 Å². The summed E-state index contributed by atoms with van der Waals surface area (Å²) in [4.78, 5) is 2.58. The predicted octanol–water partition coefficient (Wildman–Crippen LogP) is 3.80. The Hall–Kier alpha value is -0.0800. The van der Waals surface area contributed by atoms with Crippen LogP contribution >= 0.6 is 0 Å². The zero-order chi connectivity index (χ0) is 12.8. The van der Waals surface area contributed by atoms with E-state index in [4.69, 9.17) is 5.73 Å². The zero-order valence-corrected chi connectivity index (χ0v) is 12.2. The summed E-state index contributed by atoms with van der Waals surface area (Å²) in [6.45, 7) is 9.09. The van der Waals surface area contributed by atoms with Gasteiger partial charge in [0.05, 0.1) is 0 Å². The SMILES string of the molecule is CCCCCCCCCN(CCC)CCCN. The van der Waals surface area contributed by atoms with E-state index in [9.17, 15) is 0 Å². The molecule has 0 saturated heterocycles. The Labute approximate surface area is 109 Å². The van der Waals surface area contributed by atoms with Crippen molar-refractivity contribution in [1.82, 2.24) is 4.90 Å². The normalized spacial score (nSPS) is 11.3. The number of nitrogens with zero attached hydrogens (tertiary/aromatic N) is 1. The van der Waals surface area contributed by atoms with Gasteiger partial charge in [-0.2, -0.15) is 0 Å². The first-order chi connectivity index (χ1) is 8.35. The molecule has 0 bridgehead atoms. The lowest BCUT2D eigenvalue weighted by atomic mass is 10.1. The molecule has 0 amide bonds. The molecule has 0 aliphatic heterocycles. The molecule has 0 spiro atoms. The van der Waals surface area contributed by atoms with Crippen molar-refractivity contribution >= 4 is 0 Å². The van der Waals surface area contributed by atoms with Crippen LogP contribution in [0.1, 0.15) is 71.6 Å². The highest BCUT2D eigenvalue weighted by Gasteiger charge is 2.02. The number of nitrogens with two attached hydrogens (primary N) is 1. The van der Waals surface area contributed by atoms with E-state index < -0.39 is 0 Å². The van der Waals surface area contributed by atoms with Gasteiger partial charge in [-0.1, -0.05) is 52.4 Å². The average Bonchev–Trinajstić information content (AvgIpc) is 2.34. The Balaban J connectivity index is 3.34. The fourth-order valence-electron chi connectivity index (χ4n) is 2.26. The molecular formula is C15H34N2. The van der Waals surface area contributed by atoms with Crippen molar-refractivity contribution in [3.63, 3.8) is 0 Å². The maximum absolute atomic E-state index is 5.57. The first kappa shape index (κ1) is 16.9. The summed E-state index contributed by atoms with van der Waals surface area (Å²) in [5.41, 5.74) is 5.57. The van der Waals surface area contributed by atoms with Crippen molar-refractivity contribution in [2.75, 3.05) is 26.2 Å². The van der Waals surface area contributed by atoms with E-state index in [1.54, 1.807) is 0 Å². The highest BCUT2D eigenvalue weighted by Crippen LogP contribution is 2.07. The van der Waals surface area contributed by atoms with Crippen LogP contribution in [0.2, 0.25) is 0 Å². The van der Waals surface area contributed by atoms with Crippen LogP contribution < -0.4 is 5.73 Å². The topological polar surface area (TPSA) is 29.3 Å². The molecule has 0 aromatic rings. The minimum Gasteiger partial charge on any atom is -0.330 e. The second-order valence-electron chi connectivity index (χ2n) is 5.11. The van der Waals surface area contributed by atoms with Gasteiger partial charge in [0.2, 0.25) is 0 Å². The van der Waals surface area contributed by atoms with Gasteiger partial charge >= 0.3 is 0 Å². The number of unbranched alkanes of at least 4 members (excludes halogenated alkanes) is 6. The Morgan fingerprint density at radius 1 is 0.647 bits per heavy atom. The lowest BCUT2D eigenvalue weighted by Gasteiger charge is -2.21. The predicted molar refractivity (Wildman–Crippen MR) is 78.4 cm³/mol. The lowest BCUT2D eigenvalue weighted by Crippen LogP contribution is -2.28. The van der Waals surface area contributed by atoms with Crippen molar-refractivity contribution in [3.8, 4) is 0 Å². The van der Waals surface area contributed by atoms with Crippen LogP contribution in [0, 0.1) is 0 Å². The van der Waals surface area contributed by atoms with Gasteiger partial charge in [-0.25, -0.2) is 0 Å². The van der Waals surface area contributed by atoms with E-state index in [2.05, 4.69) is 18.7 Å². The van der Waals surface area contributed by atoms with Gasteiger partial charge < -0.3 is 10.6 Å². The van der Waals surface area contributed by atoms with E-state index in [1.807, 2.05) is 0 Å². The number of hydrogen-bond acceptors (Lipinski definition) is 2. The summed E-state index contributed by atoms with van der Waals surface area (Å²) in [5, 5.41) is 0. The number of hydrogen-bond donors (Lipinski definition) is 1. The van der Waals surface area contributed by atoms with Crippen LogP contribution in [0.5, 0.6) is 0 Å². The average molecular weight is 242 g/mol. The van der Waals surface area contributed by atoms with Crippen LogP contribution in [0.15, 0.2) is 0 Å². The number of rotatable bonds is 13. The second kappa shape index (κ2) is 14.0. The van der Waals surface area contributed by atoms with E-state index in [0.29, 0.717) is 0 Å². The molecule has 2 nitrogen and oxygen atoms in total. The molecule has 0 aromatic heterocycles. The van der Waals surface area contributed by atoms with Gasteiger partial charge in [-0.3, -0.25) is 0 Å². The van der Waals surface area contributed by atoms with Gasteiger partial charge in [-0.05, 0) is 45.4 Å². The second-order valence-corrected chi connectivity index (χ2v) is 5.11. The Kier molecular flexibility index (Phi) is 13.9. The third-order valence-electron chi connectivity index (χ3n) is 3.30. The molecule has 0 radical (unpaired) electrons. The minimum absolute atomic E-state index is 0.831. The molecule has 0 aliphatic rings. The van der Waals surface area contributed by atoms with E-state index >= 15 is 0 Å². The van der Waals surface area contributed by atoms with Crippen LogP contribution in [0.3, 0.4) is 0 Å².